The van der Waals surface area contributed by atoms with Crippen LogP contribution in [-0.2, 0) is 17.3 Å². The zero-order valence-corrected chi connectivity index (χ0v) is 15.1. The summed E-state index contributed by atoms with van der Waals surface area (Å²) in [6, 6.07) is 4.81. The lowest BCUT2D eigenvalue weighted by Gasteiger charge is -2.37. The second-order valence-corrected chi connectivity index (χ2v) is 8.08. The monoisotopic (exact) mass is 334 g/mol. The largest absolute Gasteiger partial charge is 0.0776 e. The molecule has 110 valence electrons. The van der Waals surface area contributed by atoms with Gasteiger partial charge in [-0.2, -0.15) is 0 Å². The van der Waals surface area contributed by atoms with Crippen molar-refractivity contribution in [1.29, 1.82) is 0 Å². The summed E-state index contributed by atoms with van der Waals surface area (Å²) in [4.78, 5) is 0. The van der Waals surface area contributed by atoms with E-state index in [1.54, 1.807) is 0 Å². The van der Waals surface area contributed by atoms with Crippen molar-refractivity contribution in [1.82, 2.24) is 0 Å². The lowest BCUT2D eigenvalue weighted by molar-refractivity contribution is 0.561. The third kappa shape index (κ3) is 3.03. The molecular weight excluding hydrogens is 308 g/mol. The van der Waals surface area contributed by atoms with Crippen molar-refractivity contribution < 1.29 is 0 Å². The van der Waals surface area contributed by atoms with Gasteiger partial charge in [0.05, 0.1) is 0 Å². The predicted molar refractivity (Wildman–Crippen MR) is 92.6 cm³/mol. The molecule has 0 fully saturated rings. The molecule has 1 aliphatic carbocycles. The Morgan fingerprint density at radius 3 is 2.00 bits per heavy atom. The van der Waals surface area contributed by atoms with Gasteiger partial charge >= 0.3 is 0 Å². The quantitative estimate of drug-likeness (QED) is 0.447. The van der Waals surface area contributed by atoms with Gasteiger partial charge in [0.25, 0.3) is 0 Å². The number of aryl methyl sites for hydroxylation is 1. The molecule has 0 nitrogen and oxygen atoms in total. The Morgan fingerprint density at radius 2 is 1.45 bits per heavy atom. The molecule has 1 aliphatic rings. The van der Waals surface area contributed by atoms with E-state index in [0.717, 1.165) is 0 Å². The molecule has 1 aromatic rings. The molecule has 0 amide bonds. The van der Waals surface area contributed by atoms with Crippen LogP contribution in [0.25, 0.3) is 0 Å². The first-order valence-electron chi connectivity index (χ1n) is 7.82. The molecule has 2 rings (SSSR count). The number of rotatable bonds is 4. The van der Waals surface area contributed by atoms with E-state index in [1.165, 1.54) is 46.8 Å². The molecule has 0 atom stereocenters. The van der Waals surface area contributed by atoms with Crippen molar-refractivity contribution in [3.8, 4) is 0 Å². The number of allylic oxidation sites excluding steroid dienone is 2. The fourth-order valence-corrected chi connectivity index (χ4v) is 3.58. The maximum absolute atomic E-state index is 3.79. The predicted octanol–water partition coefficient (Wildman–Crippen LogP) is 6.31. The maximum atomic E-state index is 3.79. The summed E-state index contributed by atoms with van der Waals surface area (Å²) in [5.41, 5.74) is 4.72. The number of unbranched alkanes of at least 4 members (excludes halogenated alkanes) is 2. The fraction of sp³-hybridized carbons (Fsp3) is 0.579. The zero-order valence-electron chi connectivity index (χ0n) is 13.5. The maximum Gasteiger partial charge on any atom is 0.0210 e. The Hall–Kier alpha value is -0.560. The second kappa shape index (κ2) is 5.67. The number of hydrogen-bond acceptors (Lipinski definition) is 0. The van der Waals surface area contributed by atoms with Crippen molar-refractivity contribution in [3.63, 3.8) is 0 Å². The molecule has 0 unspecified atom stereocenters. The third-order valence-electron chi connectivity index (χ3n) is 4.54. The smallest absolute Gasteiger partial charge is 0.0210 e. The van der Waals surface area contributed by atoms with Crippen LogP contribution in [0.5, 0.6) is 0 Å². The van der Waals surface area contributed by atoms with Crippen LogP contribution in [0.3, 0.4) is 0 Å². The zero-order chi connectivity index (χ0) is 15.0. The topological polar surface area (TPSA) is 0 Å². The highest BCUT2D eigenvalue weighted by Crippen LogP contribution is 2.43. The summed E-state index contributed by atoms with van der Waals surface area (Å²) in [6.45, 7) is 11.5. The van der Waals surface area contributed by atoms with Gasteiger partial charge in [0, 0.05) is 15.3 Å². The molecule has 1 aromatic carbocycles. The van der Waals surface area contributed by atoms with E-state index in [9.17, 15) is 0 Å². The van der Waals surface area contributed by atoms with E-state index in [2.05, 4.69) is 74.8 Å². The van der Waals surface area contributed by atoms with Gasteiger partial charge in [0.1, 0.15) is 0 Å². The fourth-order valence-electron chi connectivity index (χ4n) is 3.04. The molecule has 0 bridgehead atoms. The van der Waals surface area contributed by atoms with Gasteiger partial charge in [0.2, 0.25) is 0 Å². The van der Waals surface area contributed by atoms with Crippen molar-refractivity contribution in [2.45, 2.75) is 71.1 Å². The minimum absolute atomic E-state index is 0.134. The van der Waals surface area contributed by atoms with Crippen LogP contribution in [0.1, 0.15) is 70.6 Å². The van der Waals surface area contributed by atoms with Crippen LogP contribution in [-0.4, -0.2) is 0 Å². The molecule has 20 heavy (non-hydrogen) atoms. The Kier molecular flexibility index (Phi) is 4.49. The van der Waals surface area contributed by atoms with Crippen LogP contribution in [0.2, 0.25) is 0 Å². The standard InChI is InChI=1S/C19H27Br/c1-6-7-8-9-14-12-15-16(13-17(14)20)19(4,5)11-10-18(15,2)3/h10-13H,6-9H2,1-5H3. The summed E-state index contributed by atoms with van der Waals surface area (Å²) >= 11 is 3.79. The SMILES string of the molecule is CCCCCc1cc2c(cc1Br)C(C)(C)C=CC2(C)C. The van der Waals surface area contributed by atoms with Gasteiger partial charge in [-0.1, -0.05) is 81.6 Å². The minimum Gasteiger partial charge on any atom is -0.0776 e. The van der Waals surface area contributed by atoms with Crippen LogP contribution in [0, 0.1) is 0 Å². The highest BCUT2D eigenvalue weighted by molar-refractivity contribution is 9.10. The number of hydrogen-bond donors (Lipinski definition) is 0. The molecule has 0 heterocycles. The Morgan fingerprint density at radius 1 is 0.900 bits per heavy atom. The first-order chi connectivity index (χ1) is 9.28. The molecule has 0 aromatic heterocycles. The Balaban J connectivity index is 2.44. The van der Waals surface area contributed by atoms with E-state index < -0.39 is 0 Å². The Bertz CT molecular complexity index is 521. The lowest BCUT2D eigenvalue weighted by Crippen LogP contribution is -2.29. The summed E-state index contributed by atoms with van der Waals surface area (Å²) in [5.74, 6) is 0. The first kappa shape index (κ1) is 15.8. The van der Waals surface area contributed by atoms with E-state index in [-0.39, 0.29) is 10.8 Å². The van der Waals surface area contributed by atoms with Crippen molar-refractivity contribution in [2.24, 2.45) is 0 Å². The number of benzene rings is 1. The van der Waals surface area contributed by atoms with Gasteiger partial charge in [-0.25, -0.2) is 0 Å². The van der Waals surface area contributed by atoms with Gasteiger partial charge in [-0.05, 0) is 35.6 Å². The van der Waals surface area contributed by atoms with Crippen LogP contribution < -0.4 is 0 Å². The minimum atomic E-state index is 0.134. The first-order valence-corrected chi connectivity index (χ1v) is 8.61. The van der Waals surface area contributed by atoms with E-state index in [4.69, 9.17) is 0 Å². The molecular formula is C19H27Br. The molecule has 0 N–H and O–H groups in total. The molecule has 0 saturated carbocycles. The third-order valence-corrected chi connectivity index (χ3v) is 5.28. The highest BCUT2D eigenvalue weighted by atomic mass is 79.9. The van der Waals surface area contributed by atoms with E-state index in [1.807, 2.05) is 0 Å². The van der Waals surface area contributed by atoms with Crippen molar-refractivity contribution in [2.75, 3.05) is 0 Å². The van der Waals surface area contributed by atoms with Crippen molar-refractivity contribution in [3.05, 3.63) is 45.4 Å². The molecule has 0 aliphatic heterocycles. The second-order valence-electron chi connectivity index (χ2n) is 7.22. The average Bonchev–Trinajstić information content (AvgIpc) is 2.37. The van der Waals surface area contributed by atoms with Crippen molar-refractivity contribution >= 4 is 15.9 Å². The van der Waals surface area contributed by atoms with Gasteiger partial charge < -0.3 is 0 Å². The highest BCUT2D eigenvalue weighted by Gasteiger charge is 2.33. The molecule has 1 heteroatoms. The van der Waals surface area contributed by atoms with Gasteiger partial charge in [0.15, 0.2) is 0 Å². The van der Waals surface area contributed by atoms with E-state index >= 15 is 0 Å². The average molecular weight is 335 g/mol. The van der Waals surface area contributed by atoms with Crippen LogP contribution >= 0.6 is 15.9 Å². The van der Waals surface area contributed by atoms with Crippen LogP contribution in [0.4, 0.5) is 0 Å². The number of fused-ring (bicyclic) bond motifs is 1. The summed E-state index contributed by atoms with van der Waals surface area (Å²) in [6.07, 6.45) is 9.80. The molecule has 0 spiro atoms. The lowest BCUT2D eigenvalue weighted by atomic mass is 9.67. The van der Waals surface area contributed by atoms with Crippen LogP contribution in [0.15, 0.2) is 28.8 Å². The van der Waals surface area contributed by atoms with E-state index in [0.29, 0.717) is 0 Å². The summed E-state index contributed by atoms with van der Waals surface area (Å²) in [7, 11) is 0. The summed E-state index contributed by atoms with van der Waals surface area (Å²) < 4.78 is 1.28. The number of halogens is 1. The van der Waals surface area contributed by atoms with Gasteiger partial charge in [-0.3, -0.25) is 0 Å². The summed E-state index contributed by atoms with van der Waals surface area (Å²) in [5, 5.41) is 0. The molecule has 0 radical (unpaired) electrons. The Labute approximate surface area is 132 Å². The molecule has 0 saturated heterocycles. The normalized spacial score (nSPS) is 18.9. The van der Waals surface area contributed by atoms with Gasteiger partial charge in [-0.15, -0.1) is 0 Å².